The number of hydrogen-bond acceptors (Lipinski definition) is 4. The van der Waals surface area contributed by atoms with Crippen LogP contribution in [-0.4, -0.2) is 30.3 Å². The summed E-state index contributed by atoms with van der Waals surface area (Å²) >= 11 is 0. The Morgan fingerprint density at radius 2 is 2.12 bits per heavy atom. The summed E-state index contributed by atoms with van der Waals surface area (Å²) in [6.07, 6.45) is 3.74. The number of amides is 2. The smallest absolute Gasteiger partial charge is 0.319 e. The van der Waals surface area contributed by atoms with E-state index in [9.17, 15) is 4.79 Å². The molecule has 24 heavy (non-hydrogen) atoms. The zero-order valence-corrected chi connectivity index (χ0v) is 13.6. The molecule has 2 N–H and O–H groups in total. The molecule has 0 spiro atoms. The average molecular weight is 327 g/mol. The van der Waals surface area contributed by atoms with Crippen molar-refractivity contribution in [2.24, 2.45) is 0 Å². The minimum Gasteiger partial charge on any atom is -0.439 e. The van der Waals surface area contributed by atoms with E-state index in [4.69, 9.17) is 9.47 Å². The van der Waals surface area contributed by atoms with Gasteiger partial charge in [-0.1, -0.05) is 17.7 Å². The van der Waals surface area contributed by atoms with Gasteiger partial charge in [0.15, 0.2) is 0 Å². The molecule has 0 aliphatic carbocycles. The number of aryl methyl sites for hydroxylation is 1. The van der Waals surface area contributed by atoms with Crippen LogP contribution in [0.3, 0.4) is 0 Å². The molecule has 6 nitrogen and oxygen atoms in total. The lowest BCUT2D eigenvalue weighted by Gasteiger charge is -2.12. The third-order valence-electron chi connectivity index (χ3n) is 3.75. The van der Waals surface area contributed by atoms with E-state index in [1.165, 1.54) is 5.56 Å². The summed E-state index contributed by atoms with van der Waals surface area (Å²) in [5.41, 5.74) is 1.78. The topological polar surface area (TPSA) is 72.5 Å². The molecule has 0 bridgehead atoms. The van der Waals surface area contributed by atoms with Gasteiger partial charge in [-0.25, -0.2) is 9.78 Å². The van der Waals surface area contributed by atoms with Gasteiger partial charge in [-0.2, -0.15) is 0 Å². The molecule has 3 rings (SSSR count). The highest BCUT2D eigenvalue weighted by molar-refractivity contribution is 5.89. The van der Waals surface area contributed by atoms with Crippen LogP contribution < -0.4 is 15.4 Å². The van der Waals surface area contributed by atoms with Gasteiger partial charge in [-0.05, 0) is 38.0 Å². The molecule has 0 radical (unpaired) electrons. The molecule has 1 aromatic carbocycles. The van der Waals surface area contributed by atoms with Crippen LogP contribution >= 0.6 is 0 Å². The number of ether oxygens (including phenoxy) is 2. The SMILES string of the molecule is Cc1ccc(Oc2ccc(NC(=O)NCC3CCCO3)cn2)cc1. The van der Waals surface area contributed by atoms with Gasteiger partial charge in [0.1, 0.15) is 5.75 Å². The van der Waals surface area contributed by atoms with E-state index in [0.29, 0.717) is 18.1 Å². The minimum atomic E-state index is -0.264. The Morgan fingerprint density at radius 1 is 1.29 bits per heavy atom. The van der Waals surface area contributed by atoms with E-state index in [2.05, 4.69) is 15.6 Å². The first-order valence-electron chi connectivity index (χ1n) is 8.06. The maximum atomic E-state index is 11.8. The van der Waals surface area contributed by atoms with Crippen molar-refractivity contribution < 1.29 is 14.3 Å². The highest BCUT2D eigenvalue weighted by Gasteiger charge is 2.16. The molecule has 2 amide bonds. The van der Waals surface area contributed by atoms with Crippen LogP contribution in [0, 0.1) is 6.92 Å². The van der Waals surface area contributed by atoms with Crippen LogP contribution in [-0.2, 0) is 4.74 Å². The predicted molar refractivity (Wildman–Crippen MR) is 91.5 cm³/mol. The number of benzene rings is 1. The Labute approximate surface area is 141 Å². The lowest BCUT2D eigenvalue weighted by atomic mass is 10.2. The normalized spacial score (nSPS) is 16.6. The predicted octanol–water partition coefficient (Wildman–Crippen LogP) is 3.48. The zero-order chi connectivity index (χ0) is 16.8. The molecule has 1 aliphatic rings. The lowest BCUT2D eigenvalue weighted by molar-refractivity contribution is 0.112. The van der Waals surface area contributed by atoms with E-state index in [-0.39, 0.29) is 12.1 Å². The standard InChI is InChI=1S/C18H21N3O3/c1-13-4-7-15(8-5-13)24-17-9-6-14(11-19-17)21-18(22)20-12-16-3-2-10-23-16/h4-9,11,16H,2-3,10,12H2,1H3,(H2,20,21,22). The number of hydrogen-bond donors (Lipinski definition) is 2. The first-order chi connectivity index (χ1) is 11.7. The minimum absolute atomic E-state index is 0.124. The van der Waals surface area contributed by atoms with E-state index >= 15 is 0 Å². The Bertz CT molecular complexity index is 665. The summed E-state index contributed by atoms with van der Waals surface area (Å²) in [7, 11) is 0. The van der Waals surface area contributed by atoms with Crippen LogP contribution in [0.2, 0.25) is 0 Å². The van der Waals surface area contributed by atoms with Gasteiger partial charge in [0, 0.05) is 19.2 Å². The van der Waals surface area contributed by atoms with Gasteiger partial charge >= 0.3 is 6.03 Å². The van der Waals surface area contributed by atoms with Crippen LogP contribution in [0.25, 0.3) is 0 Å². The van der Waals surface area contributed by atoms with E-state index in [0.717, 1.165) is 25.2 Å². The fourth-order valence-electron chi connectivity index (χ4n) is 2.43. The second kappa shape index (κ2) is 7.79. The molecule has 0 saturated carbocycles. The second-order valence-corrected chi connectivity index (χ2v) is 5.77. The molecule has 1 fully saturated rings. The van der Waals surface area contributed by atoms with Gasteiger partial charge in [-0.15, -0.1) is 0 Å². The average Bonchev–Trinajstić information content (AvgIpc) is 3.10. The number of rotatable bonds is 5. The summed E-state index contributed by atoms with van der Waals surface area (Å²) in [5, 5.41) is 5.54. The Balaban J connectivity index is 1.48. The number of nitrogens with one attached hydrogen (secondary N) is 2. The van der Waals surface area contributed by atoms with Crippen molar-refractivity contribution in [2.45, 2.75) is 25.9 Å². The molecule has 1 aromatic heterocycles. The molecule has 2 aromatic rings. The number of anilines is 1. The van der Waals surface area contributed by atoms with Crippen LogP contribution in [0.15, 0.2) is 42.6 Å². The van der Waals surface area contributed by atoms with Gasteiger partial charge in [-0.3, -0.25) is 0 Å². The van der Waals surface area contributed by atoms with Gasteiger partial charge < -0.3 is 20.1 Å². The van der Waals surface area contributed by atoms with Crippen molar-refractivity contribution in [2.75, 3.05) is 18.5 Å². The molecular weight excluding hydrogens is 306 g/mol. The van der Waals surface area contributed by atoms with Crippen molar-refractivity contribution in [1.82, 2.24) is 10.3 Å². The highest BCUT2D eigenvalue weighted by atomic mass is 16.5. The first kappa shape index (κ1) is 16.3. The van der Waals surface area contributed by atoms with Crippen LogP contribution in [0.4, 0.5) is 10.5 Å². The fourth-order valence-corrected chi connectivity index (χ4v) is 2.43. The number of pyridine rings is 1. The molecule has 1 atom stereocenters. The molecule has 6 heteroatoms. The fraction of sp³-hybridized carbons (Fsp3) is 0.333. The van der Waals surface area contributed by atoms with Gasteiger partial charge in [0.25, 0.3) is 0 Å². The molecule has 1 unspecified atom stereocenters. The highest BCUT2D eigenvalue weighted by Crippen LogP contribution is 2.20. The van der Waals surface area contributed by atoms with Crippen LogP contribution in [0.5, 0.6) is 11.6 Å². The van der Waals surface area contributed by atoms with Gasteiger partial charge in [0.2, 0.25) is 5.88 Å². The lowest BCUT2D eigenvalue weighted by Crippen LogP contribution is -2.35. The quantitative estimate of drug-likeness (QED) is 0.882. The molecule has 126 valence electrons. The number of nitrogens with zero attached hydrogens (tertiary/aromatic N) is 1. The number of urea groups is 1. The summed E-state index contributed by atoms with van der Waals surface area (Å²) in [5.74, 6) is 1.20. The van der Waals surface area contributed by atoms with Crippen molar-refractivity contribution in [3.8, 4) is 11.6 Å². The maximum Gasteiger partial charge on any atom is 0.319 e. The first-order valence-corrected chi connectivity index (χ1v) is 8.06. The van der Waals surface area contributed by atoms with Crippen molar-refractivity contribution in [3.63, 3.8) is 0 Å². The zero-order valence-electron chi connectivity index (χ0n) is 13.6. The van der Waals surface area contributed by atoms with Crippen molar-refractivity contribution >= 4 is 11.7 Å². The van der Waals surface area contributed by atoms with Gasteiger partial charge in [0.05, 0.1) is 18.0 Å². The largest absolute Gasteiger partial charge is 0.439 e. The van der Waals surface area contributed by atoms with E-state index in [1.54, 1.807) is 18.3 Å². The summed E-state index contributed by atoms with van der Waals surface area (Å²) in [4.78, 5) is 16.0. The van der Waals surface area contributed by atoms with Crippen molar-refractivity contribution in [3.05, 3.63) is 48.2 Å². The van der Waals surface area contributed by atoms with E-state index < -0.39 is 0 Å². The molecule has 1 aliphatic heterocycles. The monoisotopic (exact) mass is 327 g/mol. The number of carbonyl (C=O) groups excluding carboxylic acids is 1. The Morgan fingerprint density at radius 3 is 2.79 bits per heavy atom. The Kier molecular flexibility index (Phi) is 5.28. The summed E-state index contributed by atoms with van der Waals surface area (Å²) in [6.45, 7) is 3.32. The van der Waals surface area contributed by atoms with Crippen LogP contribution in [0.1, 0.15) is 18.4 Å². The maximum absolute atomic E-state index is 11.8. The third-order valence-corrected chi connectivity index (χ3v) is 3.75. The number of carbonyl (C=O) groups is 1. The second-order valence-electron chi connectivity index (χ2n) is 5.77. The van der Waals surface area contributed by atoms with Crippen molar-refractivity contribution in [1.29, 1.82) is 0 Å². The molecule has 2 heterocycles. The molecular formula is C18H21N3O3. The third kappa shape index (κ3) is 4.70. The number of aromatic nitrogens is 1. The Hall–Kier alpha value is -2.60. The summed E-state index contributed by atoms with van der Waals surface area (Å²) < 4.78 is 11.1. The molecule has 1 saturated heterocycles. The van der Waals surface area contributed by atoms with E-state index in [1.807, 2.05) is 31.2 Å². The summed E-state index contributed by atoms with van der Waals surface area (Å²) in [6, 6.07) is 10.9.